The van der Waals surface area contributed by atoms with Gasteiger partial charge in [-0.25, -0.2) is 0 Å². The summed E-state index contributed by atoms with van der Waals surface area (Å²) in [5, 5.41) is 1.46. The molecule has 136 valence electrons. The molecule has 4 rings (SSSR count). The molecule has 0 aliphatic carbocycles. The average Bonchev–Trinajstić information content (AvgIpc) is 3.01. The van der Waals surface area contributed by atoms with Crippen LogP contribution in [0.4, 0.5) is 5.69 Å². The first-order chi connectivity index (χ1) is 13.0. The maximum atomic E-state index is 6.10. The number of anilines is 1. The molecule has 0 spiro atoms. The number of aryl methyl sites for hydroxylation is 1. The lowest BCUT2D eigenvalue weighted by molar-refractivity contribution is 0.675. The van der Waals surface area contributed by atoms with E-state index in [1.807, 2.05) is 36.4 Å². The summed E-state index contributed by atoms with van der Waals surface area (Å²) in [7, 11) is 0. The van der Waals surface area contributed by atoms with E-state index in [1.54, 1.807) is 0 Å². The largest absolute Gasteiger partial charge is 0.337 e. The predicted molar refractivity (Wildman–Crippen MR) is 115 cm³/mol. The molecule has 0 bridgehead atoms. The van der Waals surface area contributed by atoms with Crippen LogP contribution in [-0.4, -0.2) is 11.8 Å². The summed E-state index contributed by atoms with van der Waals surface area (Å²) in [4.78, 5) is 7.46. The fraction of sp³-hybridized carbons (Fsp3) is 0.174. The zero-order valence-corrected chi connectivity index (χ0v) is 16.7. The SMILES string of the molecule is Cc1ccc(N2C(C)C(c3ccc(Cl)cc3)=NC2c2ccc(Cl)cc2)cc1. The van der Waals surface area contributed by atoms with Gasteiger partial charge in [-0.05, 0) is 61.4 Å². The van der Waals surface area contributed by atoms with Crippen molar-refractivity contribution in [3.63, 3.8) is 0 Å². The van der Waals surface area contributed by atoms with Crippen LogP contribution in [0.2, 0.25) is 10.0 Å². The van der Waals surface area contributed by atoms with Gasteiger partial charge in [-0.15, -0.1) is 0 Å². The molecule has 0 radical (unpaired) electrons. The highest BCUT2D eigenvalue weighted by atomic mass is 35.5. The Labute approximate surface area is 170 Å². The molecule has 0 N–H and O–H groups in total. The molecule has 2 atom stereocenters. The number of hydrogen-bond acceptors (Lipinski definition) is 2. The van der Waals surface area contributed by atoms with Crippen molar-refractivity contribution in [1.82, 2.24) is 0 Å². The van der Waals surface area contributed by atoms with Gasteiger partial charge in [-0.1, -0.05) is 65.2 Å². The molecule has 2 unspecified atom stereocenters. The number of aliphatic imine (C=N–C) groups is 1. The summed E-state index contributed by atoms with van der Waals surface area (Å²) in [6, 6.07) is 24.6. The highest BCUT2D eigenvalue weighted by Crippen LogP contribution is 2.37. The van der Waals surface area contributed by atoms with Crippen LogP contribution in [0, 0.1) is 6.92 Å². The predicted octanol–water partition coefficient (Wildman–Crippen LogP) is 6.70. The van der Waals surface area contributed by atoms with Crippen LogP contribution in [0.5, 0.6) is 0 Å². The summed E-state index contributed by atoms with van der Waals surface area (Å²) in [6.45, 7) is 4.30. The minimum Gasteiger partial charge on any atom is -0.337 e. The normalized spacial score (nSPS) is 19.3. The lowest BCUT2D eigenvalue weighted by atomic mass is 10.0. The summed E-state index contributed by atoms with van der Waals surface area (Å²) >= 11 is 12.2. The molecule has 3 aromatic carbocycles. The van der Waals surface area contributed by atoms with Gasteiger partial charge >= 0.3 is 0 Å². The first-order valence-electron chi connectivity index (χ1n) is 8.97. The molecule has 0 amide bonds. The van der Waals surface area contributed by atoms with Gasteiger partial charge in [0.2, 0.25) is 0 Å². The first-order valence-corrected chi connectivity index (χ1v) is 9.72. The van der Waals surface area contributed by atoms with Gasteiger partial charge in [-0.3, -0.25) is 4.99 Å². The van der Waals surface area contributed by atoms with Crippen molar-refractivity contribution in [2.45, 2.75) is 26.1 Å². The second kappa shape index (κ2) is 7.38. The van der Waals surface area contributed by atoms with Crippen molar-refractivity contribution in [2.24, 2.45) is 4.99 Å². The molecule has 3 aromatic rings. The van der Waals surface area contributed by atoms with Crippen LogP contribution in [-0.2, 0) is 0 Å². The molecule has 1 heterocycles. The summed E-state index contributed by atoms with van der Waals surface area (Å²) in [5.74, 6) is 0. The van der Waals surface area contributed by atoms with E-state index in [9.17, 15) is 0 Å². The minimum absolute atomic E-state index is 0.0920. The van der Waals surface area contributed by atoms with Crippen LogP contribution in [0.15, 0.2) is 77.8 Å². The summed E-state index contributed by atoms with van der Waals surface area (Å²) in [5.41, 5.74) is 5.68. The fourth-order valence-corrected chi connectivity index (χ4v) is 3.79. The molecule has 27 heavy (non-hydrogen) atoms. The van der Waals surface area contributed by atoms with Gasteiger partial charge in [0.25, 0.3) is 0 Å². The first kappa shape index (κ1) is 18.1. The Morgan fingerprint density at radius 1 is 0.778 bits per heavy atom. The van der Waals surface area contributed by atoms with Crippen molar-refractivity contribution >= 4 is 34.6 Å². The van der Waals surface area contributed by atoms with E-state index in [0.717, 1.165) is 32.6 Å². The Hall–Kier alpha value is -2.29. The fourth-order valence-electron chi connectivity index (χ4n) is 3.53. The molecule has 4 heteroatoms. The van der Waals surface area contributed by atoms with E-state index < -0.39 is 0 Å². The van der Waals surface area contributed by atoms with Crippen LogP contribution in [0.25, 0.3) is 0 Å². The molecule has 1 aliphatic rings. The molecule has 1 aliphatic heterocycles. The molecule has 0 saturated carbocycles. The zero-order chi connectivity index (χ0) is 19.0. The monoisotopic (exact) mass is 394 g/mol. The van der Waals surface area contributed by atoms with E-state index in [0.29, 0.717) is 0 Å². The third-order valence-corrected chi connectivity index (χ3v) is 5.48. The van der Waals surface area contributed by atoms with Crippen molar-refractivity contribution < 1.29 is 0 Å². The Balaban J connectivity index is 1.80. The van der Waals surface area contributed by atoms with Gasteiger partial charge < -0.3 is 4.90 Å². The Morgan fingerprint density at radius 2 is 1.33 bits per heavy atom. The van der Waals surface area contributed by atoms with Gasteiger partial charge in [0.1, 0.15) is 6.17 Å². The minimum atomic E-state index is -0.0920. The molecular formula is C23H20Cl2N2. The van der Waals surface area contributed by atoms with Crippen molar-refractivity contribution in [3.8, 4) is 0 Å². The van der Waals surface area contributed by atoms with E-state index in [-0.39, 0.29) is 12.2 Å². The molecular weight excluding hydrogens is 375 g/mol. The molecule has 0 saturated heterocycles. The summed E-state index contributed by atoms with van der Waals surface area (Å²) in [6.07, 6.45) is -0.0920. The quantitative estimate of drug-likeness (QED) is 0.482. The Morgan fingerprint density at radius 3 is 1.93 bits per heavy atom. The standard InChI is InChI=1S/C23H20Cl2N2/c1-15-3-13-21(14-4-15)27-16(2)22(17-5-9-19(24)10-6-17)26-23(27)18-7-11-20(25)12-8-18/h3-14,16,23H,1-2H3. The van der Waals surface area contributed by atoms with Crippen LogP contribution < -0.4 is 4.90 Å². The number of nitrogens with zero attached hydrogens (tertiary/aromatic N) is 2. The number of hydrogen-bond donors (Lipinski definition) is 0. The average molecular weight is 395 g/mol. The molecule has 0 fully saturated rings. The van der Waals surface area contributed by atoms with E-state index in [2.05, 4.69) is 55.1 Å². The van der Waals surface area contributed by atoms with E-state index in [1.165, 1.54) is 5.56 Å². The van der Waals surface area contributed by atoms with E-state index >= 15 is 0 Å². The van der Waals surface area contributed by atoms with Crippen molar-refractivity contribution in [1.29, 1.82) is 0 Å². The van der Waals surface area contributed by atoms with Gasteiger partial charge in [0.15, 0.2) is 0 Å². The second-order valence-electron chi connectivity index (χ2n) is 6.87. The van der Waals surface area contributed by atoms with Gasteiger partial charge in [0.05, 0.1) is 11.8 Å². The third kappa shape index (κ3) is 3.60. The third-order valence-electron chi connectivity index (χ3n) is 4.98. The summed E-state index contributed by atoms with van der Waals surface area (Å²) < 4.78 is 0. The number of halogens is 2. The lowest BCUT2D eigenvalue weighted by Gasteiger charge is -2.30. The van der Waals surface area contributed by atoms with Gasteiger partial charge in [0, 0.05) is 15.7 Å². The maximum Gasteiger partial charge on any atom is 0.148 e. The van der Waals surface area contributed by atoms with Gasteiger partial charge in [-0.2, -0.15) is 0 Å². The van der Waals surface area contributed by atoms with Crippen LogP contribution >= 0.6 is 23.2 Å². The van der Waals surface area contributed by atoms with E-state index in [4.69, 9.17) is 28.2 Å². The topological polar surface area (TPSA) is 15.6 Å². The Kier molecular flexibility index (Phi) is 4.94. The lowest BCUT2D eigenvalue weighted by Crippen LogP contribution is -2.35. The van der Waals surface area contributed by atoms with Crippen molar-refractivity contribution in [2.75, 3.05) is 4.90 Å². The highest BCUT2D eigenvalue weighted by molar-refractivity contribution is 6.31. The van der Waals surface area contributed by atoms with Crippen LogP contribution in [0.3, 0.4) is 0 Å². The second-order valence-corrected chi connectivity index (χ2v) is 7.74. The number of benzene rings is 3. The molecule has 0 aromatic heterocycles. The Bertz CT molecular complexity index is 961. The van der Waals surface area contributed by atoms with Crippen LogP contribution in [0.1, 0.15) is 29.8 Å². The zero-order valence-electron chi connectivity index (χ0n) is 15.2. The highest BCUT2D eigenvalue weighted by Gasteiger charge is 2.35. The molecule has 2 nitrogen and oxygen atoms in total. The maximum absolute atomic E-state index is 6.10. The number of rotatable bonds is 3. The van der Waals surface area contributed by atoms with Crippen molar-refractivity contribution in [3.05, 3.63) is 99.5 Å². The smallest absolute Gasteiger partial charge is 0.148 e.